The van der Waals surface area contributed by atoms with E-state index in [0.29, 0.717) is 15.6 Å². The van der Waals surface area contributed by atoms with Crippen molar-refractivity contribution in [2.75, 3.05) is 20.2 Å². The Kier molecular flexibility index (Phi) is 7.02. The Morgan fingerprint density at radius 2 is 2.00 bits per heavy atom. The monoisotopic (exact) mass is 468 g/mol. The molecule has 30 heavy (non-hydrogen) atoms. The molecule has 1 saturated heterocycles. The summed E-state index contributed by atoms with van der Waals surface area (Å²) >= 11 is 12.7. The molecule has 0 radical (unpaired) electrons. The lowest BCUT2D eigenvalue weighted by Gasteiger charge is -2.13. The zero-order valence-electron chi connectivity index (χ0n) is 15.6. The fraction of sp³-hybridized carbons (Fsp3) is 0.150. The van der Waals surface area contributed by atoms with Crippen LogP contribution in [0.1, 0.15) is 15.9 Å². The van der Waals surface area contributed by atoms with Crippen molar-refractivity contribution < 1.29 is 23.5 Å². The number of amides is 3. The van der Waals surface area contributed by atoms with Gasteiger partial charge in [0.2, 0.25) is 0 Å². The molecule has 0 aliphatic carbocycles. The Bertz CT molecular complexity index is 1060. The molecule has 156 valence electrons. The van der Waals surface area contributed by atoms with Gasteiger partial charge in [0.1, 0.15) is 11.6 Å². The van der Waals surface area contributed by atoms with Crippen LogP contribution in [-0.2, 0) is 4.79 Å². The zero-order chi connectivity index (χ0) is 21.8. The van der Waals surface area contributed by atoms with Crippen LogP contribution in [0.25, 0.3) is 6.08 Å². The molecule has 0 atom stereocenters. The molecule has 0 aromatic heterocycles. The Balaban J connectivity index is 1.62. The third-order valence-corrected chi connectivity index (χ3v) is 5.63. The van der Waals surface area contributed by atoms with Crippen LogP contribution in [0.15, 0.2) is 41.3 Å². The number of carbonyl (C=O) groups excluding carboxylic acids is 3. The lowest BCUT2D eigenvalue weighted by molar-refractivity contribution is -0.122. The van der Waals surface area contributed by atoms with E-state index in [4.69, 9.17) is 27.9 Å². The summed E-state index contributed by atoms with van der Waals surface area (Å²) in [6, 6.07) is 8.65. The molecule has 3 rings (SSSR count). The van der Waals surface area contributed by atoms with Crippen LogP contribution in [0, 0.1) is 5.82 Å². The molecular formula is C20H15Cl2FN2O4S. The fourth-order valence-corrected chi connectivity index (χ4v) is 3.95. The second kappa shape index (κ2) is 9.51. The number of thioether (sulfide) groups is 1. The van der Waals surface area contributed by atoms with Crippen LogP contribution in [0.4, 0.5) is 9.18 Å². The van der Waals surface area contributed by atoms with Crippen LogP contribution in [0.3, 0.4) is 0 Å². The lowest BCUT2D eigenvalue weighted by Crippen LogP contribution is -2.37. The average Bonchev–Trinajstić information content (AvgIpc) is 2.97. The first kappa shape index (κ1) is 22.1. The summed E-state index contributed by atoms with van der Waals surface area (Å²) in [5.74, 6) is -1.61. The van der Waals surface area contributed by atoms with E-state index >= 15 is 0 Å². The number of imide groups is 1. The number of ether oxygens (including phenoxy) is 1. The van der Waals surface area contributed by atoms with Crippen molar-refractivity contribution in [3.8, 4) is 5.75 Å². The summed E-state index contributed by atoms with van der Waals surface area (Å²) in [7, 11) is 1.39. The molecule has 6 nitrogen and oxygen atoms in total. The van der Waals surface area contributed by atoms with Gasteiger partial charge in [0.25, 0.3) is 17.1 Å². The highest BCUT2D eigenvalue weighted by molar-refractivity contribution is 8.18. The van der Waals surface area contributed by atoms with Gasteiger partial charge >= 0.3 is 0 Å². The van der Waals surface area contributed by atoms with E-state index < -0.39 is 22.9 Å². The molecule has 1 fully saturated rings. The first-order valence-electron chi connectivity index (χ1n) is 8.62. The summed E-state index contributed by atoms with van der Waals surface area (Å²) in [4.78, 5) is 38.1. The highest BCUT2D eigenvalue weighted by Gasteiger charge is 2.34. The summed E-state index contributed by atoms with van der Waals surface area (Å²) in [5, 5.41) is 2.83. The zero-order valence-corrected chi connectivity index (χ0v) is 17.9. The predicted octanol–water partition coefficient (Wildman–Crippen LogP) is 4.61. The molecule has 1 aliphatic rings. The Morgan fingerprint density at radius 1 is 1.23 bits per heavy atom. The van der Waals surface area contributed by atoms with Crippen LogP contribution in [0.2, 0.25) is 10.0 Å². The van der Waals surface area contributed by atoms with Crippen LogP contribution in [-0.4, -0.2) is 42.2 Å². The number of carbonyl (C=O) groups is 3. The van der Waals surface area contributed by atoms with Gasteiger partial charge in [-0.05, 0) is 47.7 Å². The van der Waals surface area contributed by atoms with Gasteiger partial charge in [0.05, 0.1) is 17.6 Å². The molecule has 0 spiro atoms. The standard InChI is InChI=1S/C20H15Cl2FN2O4S/c1-29-13-4-5-14(16(23)10-13)18(26)24-6-7-25-19(27)17(30-20(25)28)8-11-2-3-12(21)9-15(11)22/h2-5,8-10H,6-7H2,1H3,(H,24,26)/b17-8-. The maximum atomic E-state index is 14.0. The topological polar surface area (TPSA) is 75.7 Å². The molecule has 1 N–H and O–H groups in total. The maximum Gasteiger partial charge on any atom is 0.293 e. The highest BCUT2D eigenvalue weighted by Crippen LogP contribution is 2.33. The summed E-state index contributed by atoms with van der Waals surface area (Å²) in [6.45, 7) is -0.0861. The third kappa shape index (κ3) is 4.95. The number of methoxy groups -OCH3 is 1. The van der Waals surface area contributed by atoms with Gasteiger partial charge in [-0.15, -0.1) is 0 Å². The quantitative estimate of drug-likeness (QED) is 0.626. The van der Waals surface area contributed by atoms with E-state index in [2.05, 4.69) is 5.32 Å². The molecule has 3 amide bonds. The second-order valence-corrected chi connectivity index (χ2v) is 7.94. The van der Waals surface area contributed by atoms with Gasteiger partial charge < -0.3 is 10.1 Å². The van der Waals surface area contributed by atoms with E-state index in [-0.39, 0.29) is 29.3 Å². The largest absolute Gasteiger partial charge is 0.497 e. The van der Waals surface area contributed by atoms with Crippen LogP contribution in [0.5, 0.6) is 5.75 Å². The van der Waals surface area contributed by atoms with Gasteiger partial charge in [0.15, 0.2) is 0 Å². The first-order chi connectivity index (χ1) is 14.3. The van der Waals surface area contributed by atoms with Gasteiger partial charge in [0, 0.05) is 29.2 Å². The minimum Gasteiger partial charge on any atom is -0.497 e. The third-order valence-electron chi connectivity index (χ3n) is 4.16. The fourth-order valence-electron chi connectivity index (χ4n) is 2.64. The number of halogens is 3. The second-order valence-electron chi connectivity index (χ2n) is 6.10. The van der Waals surface area contributed by atoms with E-state index in [1.807, 2.05) is 0 Å². The minimum absolute atomic E-state index is 0.0304. The Hall–Kier alpha value is -2.55. The van der Waals surface area contributed by atoms with Crippen molar-refractivity contribution in [3.63, 3.8) is 0 Å². The summed E-state index contributed by atoms with van der Waals surface area (Å²) in [5.41, 5.74) is 0.386. The van der Waals surface area contributed by atoms with Gasteiger partial charge in [-0.3, -0.25) is 19.3 Å². The van der Waals surface area contributed by atoms with Crippen LogP contribution >= 0.6 is 35.0 Å². The first-order valence-corrected chi connectivity index (χ1v) is 10.2. The van der Waals surface area contributed by atoms with Gasteiger partial charge in [-0.25, -0.2) is 4.39 Å². The summed E-state index contributed by atoms with van der Waals surface area (Å²) < 4.78 is 18.9. The van der Waals surface area contributed by atoms with Crippen molar-refractivity contribution in [2.24, 2.45) is 0 Å². The molecular weight excluding hydrogens is 454 g/mol. The maximum absolute atomic E-state index is 14.0. The van der Waals surface area contributed by atoms with Crippen molar-refractivity contribution in [2.45, 2.75) is 0 Å². The van der Waals surface area contributed by atoms with E-state index in [1.165, 1.54) is 31.4 Å². The van der Waals surface area contributed by atoms with Crippen molar-refractivity contribution in [1.82, 2.24) is 10.2 Å². The predicted molar refractivity (Wildman–Crippen MR) is 114 cm³/mol. The van der Waals surface area contributed by atoms with Crippen molar-refractivity contribution in [3.05, 3.63) is 68.3 Å². The number of hydrogen-bond acceptors (Lipinski definition) is 5. The number of nitrogens with zero attached hydrogens (tertiary/aromatic N) is 1. The summed E-state index contributed by atoms with van der Waals surface area (Å²) in [6.07, 6.45) is 1.51. The van der Waals surface area contributed by atoms with Crippen molar-refractivity contribution >= 4 is 58.1 Å². The molecule has 0 unspecified atom stereocenters. The SMILES string of the molecule is COc1ccc(C(=O)NCCN2C(=O)S/C(=C\c3ccc(Cl)cc3Cl)C2=O)c(F)c1. The number of nitrogens with one attached hydrogen (secondary N) is 1. The Labute approximate surface area is 186 Å². The lowest BCUT2D eigenvalue weighted by atomic mass is 10.2. The smallest absolute Gasteiger partial charge is 0.293 e. The molecule has 2 aromatic rings. The highest BCUT2D eigenvalue weighted by atomic mass is 35.5. The van der Waals surface area contributed by atoms with Crippen LogP contribution < -0.4 is 10.1 Å². The number of rotatable bonds is 6. The van der Waals surface area contributed by atoms with E-state index in [1.54, 1.807) is 12.1 Å². The van der Waals surface area contributed by atoms with Gasteiger partial charge in [-0.1, -0.05) is 29.3 Å². The molecule has 2 aromatic carbocycles. The van der Waals surface area contributed by atoms with E-state index in [0.717, 1.165) is 22.7 Å². The normalized spacial score (nSPS) is 15.1. The molecule has 10 heteroatoms. The number of hydrogen-bond donors (Lipinski definition) is 1. The molecule has 1 heterocycles. The molecule has 1 aliphatic heterocycles. The van der Waals surface area contributed by atoms with Crippen molar-refractivity contribution in [1.29, 1.82) is 0 Å². The molecule has 0 saturated carbocycles. The minimum atomic E-state index is -0.735. The average molecular weight is 469 g/mol. The Morgan fingerprint density at radius 3 is 2.67 bits per heavy atom. The van der Waals surface area contributed by atoms with E-state index in [9.17, 15) is 18.8 Å². The number of benzene rings is 2. The molecule has 0 bridgehead atoms. The van der Waals surface area contributed by atoms with Gasteiger partial charge in [-0.2, -0.15) is 0 Å².